The van der Waals surface area contributed by atoms with Crippen LogP contribution in [0.15, 0.2) is 40.9 Å². The first kappa shape index (κ1) is 13.2. The van der Waals surface area contributed by atoms with Gasteiger partial charge in [-0.2, -0.15) is 0 Å². The van der Waals surface area contributed by atoms with Crippen molar-refractivity contribution in [3.63, 3.8) is 0 Å². The summed E-state index contributed by atoms with van der Waals surface area (Å²) in [5, 5.41) is 0. The van der Waals surface area contributed by atoms with Crippen LogP contribution in [0.5, 0.6) is 0 Å². The third-order valence-electron chi connectivity index (χ3n) is 4.79. The van der Waals surface area contributed by atoms with Gasteiger partial charge >= 0.3 is 0 Å². The normalized spacial score (nSPS) is 40.2. The van der Waals surface area contributed by atoms with Crippen LogP contribution in [0.1, 0.15) is 13.8 Å². The van der Waals surface area contributed by atoms with Gasteiger partial charge in [-0.05, 0) is 32.0 Å². The van der Waals surface area contributed by atoms with Gasteiger partial charge in [0.25, 0.3) is 0 Å². The van der Waals surface area contributed by atoms with Gasteiger partial charge in [0.15, 0.2) is 0 Å². The van der Waals surface area contributed by atoms with E-state index in [9.17, 15) is 9.59 Å². The van der Waals surface area contributed by atoms with Crippen molar-refractivity contribution in [2.75, 3.05) is 4.90 Å². The molecule has 3 aliphatic heterocycles. The molecule has 0 spiro atoms. The summed E-state index contributed by atoms with van der Waals surface area (Å²) >= 11 is 3.38. The molecule has 2 saturated heterocycles. The summed E-state index contributed by atoms with van der Waals surface area (Å²) in [6, 6.07) is 7.26. The van der Waals surface area contributed by atoms with E-state index in [1.807, 2.05) is 38.1 Å². The van der Waals surface area contributed by atoms with Crippen molar-refractivity contribution in [1.82, 2.24) is 0 Å². The van der Waals surface area contributed by atoms with Gasteiger partial charge in [-0.1, -0.05) is 34.1 Å². The maximum absolute atomic E-state index is 12.8. The smallest absolute Gasteiger partial charge is 0.241 e. The lowest BCUT2D eigenvalue weighted by Gasteiger charge is -2.25. The number of hydrogen-bond donors (Lipinski definition) is 0. The Labute approximate surface area is 130 Å². The number of fused-ring (bicyclic) bond motifs is 5. The van der Waals surface area contributed by atoms with Gasteiger partial charge in [-0.25, -0.2) is 4.90 Å². The van der Waals surface area contributed by atoms with Gasteiger partial charge < -0.3 is 4.74 Å². The molecule has 1 aromatic carbocycles. The molecule has 108 valence electrons. The zero-order valence-electron chi connectivity index (χ0n) is 11.7. The van der Waals surface area contributed by atoms with Crippen molar-refractivity contribution in [3.8, 4) is 0 Å². The molecule has 0 aliphatic carbocycles. The molecule has 0 radical (unpaired) electrons. The van der Waals surface area contributed by atoms with Crippen LogP contribution in [-0.4, -0.2) is 23.0 Å². The first-order valence-electron chi connectivity index (χ1n) is 6.90. The Morgan fingerprint density at radius 2 is 1.67 bits per heavy atom. The molecule has 2 fully saturated rings. The zero-order chi connectivity index (χ0) is 15.0. The fourth-order valence-corrected chi connectivity index (χ4v) is 4.29. The van der Waals surface area contributed by atoms with E-state index >= 15 is 0 Å². The molecule has 0 saturated carbocycles. The van der Waals surface area contributed by atoms with Gasteiger partial charge in [0.05, 0.1) is 28.7 Å². The van der Waals surface area contributed by atoms with Gasteiger partial charge in [0, 0.05) is 4.47 Å². The van der Waals surface area contributed by atoms with E-state index in [4.69, 9.17) is 4.74 Å². The van der Waals surface area contributed by atoms with E-state index in [-0.39, 0.29) is 11.8 Å². The van der Waals surface area contributed by atoms with Crippen LogP contribution in [0.4, 0.5) is 5.69 Å². The molecule has 2 bridgehead atoms. The van der Waals surface area contributed by atoms with Gasteiger partial charge in [0.2, 0.25) is 11.8 Å². The predicted octanol–water partition coefficient (Wildman–Crippen LogP) is 2.67. The Morgan fingerprint density at radius 1 is 1.10 bits per heavy atom. The summed E-state index contributed by atoms with van der Waals surface area (Å²) in [6.45, 7) is 3.77. The summed E-state index contributed by atoms with van der Waals surface area (Å²) in [7, 11) is 0. The lowest BCUT2D eigenvalue weighted by Crippen LogP contribution is -2.39. The lowest BCUT2D eigenvalue weighted by atomic mass is 9.73. The predicted molar refractivity (Wildman–Crippen MR) is 80.7 cm³/mol. The van der Waals surface area contributed by atoms with Gasteiger partial charge in [-0.3, -0.25) is 9.59 Å². The fraction of sp³-hybridized carbons (Fsp3) is 0.375. The minimum Gasteiger partial charge on any atom is -0.359 e. The minimum atomic E-state index is -0.674. The topological polar surface area (TPSA) is 46.6 Å². The van der Waals surface area contributed by atoms with E-state index in [0.717, 1.165) is 4.47 Å². The largest absolute Gasteiger partial charge is 0.359 e. The molecule has 4 rings (SSSR count). The van der Waals surface area contributed by atoms with Crippen molar-refractivity contribution in [3.05, 3.63) is 40.9 Å². The minimum absolute atomic E-state index is 0.168. The average Bonchev–Trinajstić information content (AvgIpc) is 2.95. The molecule has 1 aromatic rings. The highest BCUT2D eigenvalue weighted by Crippen LogP contribution is 2.57. The first-order valence-corrected chi connectivity index (χ1v) is 7.69. The molecule has 0 aromatic heterocycles. The standard InChI is InChI=1S/C16H14BrNO3/c1-15-6-7-16(2,21-15)12-11(15)13(19)18(14(12)20)10-5-3-4-9(17)8-10/h3-8,11-12H,1-2H3/t11-,12-,15+,16+/m1/s1. The average molecular weight is 348 g/mol. The Bertz CT molecular complexity index is 679. The zero-order valence-corrected chi connectivity index (χ0v) is 13.3. The van der Waals surface area contributed by atoms with Crippen molar-refractivity contribution in [2.45, 2.75) is 25.0 Å². The molecule has 0 unspecified atom stereocenters. The van der Waals surface area contributed by atoms with Gasteiger partial charge in [-0.15, -0.1) is 0 Å². The van der Waals surface area contributed by atoms with Crippen LogP contribution in [0.3, 0.4) is 0 Å². The number of hydrogen-bond acceptors (Lipinski definition) is 3. The van der Waals surface area contributed by atoms with Crippen molar-refractivity contribution >= 4 is 33.4 Å². The van der Waals surface area contributed by atoms with Crippen LogP contribution in [0.2, 0.25) is 0 Å². The third-order valence-corrected chi connectivity index (χ3v) is 5.29. The quantitative estimate of drug-likeness (QED) is 0.579. The number of imide groups is 1. The number of carbonyl (C=O) groups excluding carboxylic acids is 2. The fourth-order valence-electron chi connectivity index (χ4n) is 3.90. The molecule has 4 nitrogen and oxygen atoms in total. The van der Waals surface area contributed by atoms with Crippen LogP contribution in [0.25, 0.3) is 0 Å². The lowest BCUT2D eigenvalue weighted by molar-refractivity contribution is -0.128. The number of amides is 2. The Hall–Kier alpha value is -1.46. The van der Waals surface area contributed by atoms with Crippen molar-refractivity contribution < 1.29 is 14.3 Å². The Balaban J connectivity index is 1.82. The number of ether oxygens (including phenoxy) is 1. The second kappa shape index (κ2) is 3.84. The second-order valence-corrected chi connectivity index (χ2v) is 7.17. The molecule has 5 heteroatoms. The van der Waals surface area contributed by atoms with Crippen LogP contribution < -0.4 is 4.90 Å². The molecular formula is C16H14BrNO3. The molecule has 0 N–H and O–H groups in total. The molecule has 3 aliphatic rings. The number of nitrogens with zero attached hydrogens (tertiary/aromatic N) is 1. The second-order valence-electron chi connectivity index (χ2n) is 6.25. The number of carbonyl (C=O) groups is 2. The molecule has 3 heterocycles. The van der Waals surface area contributed by atoms with Crippen LogP contribution in [0, 0.1) is 11.8 Å². The van der Waals surface area contributed by atoms with Crippen molar-refractivity contribution in [2.24, 2.45) is 11.8 Å². The third kappa shape index (κ3) is 1.53. The maximum Gasteiger partial charge on any atom is 0.241 e. The number of benzene rings is 1. The SMILES string of the molecule is C[C@@]12C=C[C@](C)(O1)[C@H]1C(=O)N(c3cccc(Br)c3)C(=O)[C@@H]12. The summed E-state index contributed by atoms with van der Waals surface area (Å²) in [4.78, 5) is 27.0. The van der Waals surface area contributed by atoms with E-state index in [2.05, 4.69) is 15.9 Å². The highest BCUT2D eigenvalue weighted by Gasteiger charge is 2.70. The van der Waals surface area contributed by atoms with E-state index < -0.39 is 23.0 Å². The number of rotatable bonds is 1. The highest BCUT2D eigenvalue weighted by molar-refractivity contribution is 9.10. The summed E-state index contributed by atoms with van der Waals surface area (Å²) in [5.74, 6) is -1.20. The monoisotopic (exact) mass is 347 g/mol. The highest BCUT2D eigenvalue weighted by atomic mass is 79.9. The van der Waals surface area contributed by atoms with Crippen molar-refractivity contribution in [1.29, 1.82) is 0 Å². The van der Waals surface area contributed by atoms with E-state index in [1.165, 1.54) is 4.90 Å². The first-order chi connectivity index (χ1) is 9.86. The maximum atomic E-state index is 12.8. The Morgan fingerprint density at radius 3 is 2.19 bits per heavy atom. The van der Waals surface area contributed by atoms with Crippen LogP contribution in [-0.2, 0) is 14.3 Å². The van der Waals surface area contributed by atoms with Gasteiger partial charge in [0.1, 0.15) is 0 Å². The molecule has 4 atom stereocenters. The van der Waals surface area contributed by atoms with Crippen LogP contribution >= 0.6 is 15.9 Å². The summed E-state index contributed by atoms with van der Waals surface area (Å²) in [6.07, 6.45) is 3.84. The summed E-state index contributed by atoms with van der Waals surface area (Å²) < 4.78 is 6.81. The summed E-state index contributed by atoms with van der Waals surface area (Å²) in [5.41, 5.74) is -0.736. The number of halogens is 1. The molecular weight excluding hydrogens is 334 g/mol. The molecule has 21 heavy (non-hydrogen) atoms. The Kier molecular flexibility index (Phi) is 2.42. The molecule has 2 amide bonds. The van der Waals surface area contributed by atoms with E-state index in [0.29, 0.717) is 5.69 Å². The number of anilines is 1. The van der Waals surface area contributed by atoms with E-state index in [1.54, 1.807) is 12.1 Å².